The SMILES string of the molecule is CCC1NC(=O)C(C)N(C(CC)CC2CC2)C1=O. The Morgan fingerprint density at radius 2 is 2.00 bits per heavy atom. The second-order valence-electron chi connectivity index (χ2n) is 5.63. The van der Waals surface area contributed by atoms with E-state index >= 15 is 0 Å². The van der Waals surface area contributed by atoms with Crippen molar-refractivity contribution in [3.05, 3.63) is 0 Å². The minimum atomic E-state index is -0.318. The molecule has 2 fully saturated rings. The van der Waals surface area contributed by atoms with Gasteiger partial charge in [-0.05, 0) is 32.1 Å². The van der Waals surface area contributed by atoms with Crippen LogP contribution in [0.5, 0.6) is 0 Å². The normalized spacial score (nSPS) is 30.3. The van der Waals surface area contributed by atoms with Crippen molar-refractivity contribution in [1.82, 2.24) is 10.2 Å². The lowest BCUT2D eigenvalue weighted by molar-refractivity contribution is -0.151. The van der Waals surface area contributed by atoms with Crippen molar-refractivity contribution in [2.24, 2.45) is 5.92 Å². The number of rotatable bonds is 5. The van der Waals surface area contributed by atoms with Crippen LogP contribution in [0.3, 0.4) is 0 Å². The summed E-state index contributed by atoms with van der Waals surface area (Å²) in [5.74, 6) is 0.882. The van der Waals surface area contributed by atoms with E-state index in [1.807, 2.05) is 18.7 Å². The molecule has 2 aliphatic rings. The van der Waals surface area contributed by atoms with Crippen molar-refractivity contribution in [3.8, 4) is 0 Å². The van der Waals surface area contributed by atoms with Crippen LogP contribution in [0.15, 0.2) is 0 Å². The number of carbonyl (C=O) groups is 2. The first-order chi connectivity index (χ1) is 8.58. The molecule has 18 heavy (non-hydrogen) atoms. The maximum atomic E-state index is 12.4. The predicted octanol–water partition coefficient (Wildman–Crippen LogP) is 1.69. The van der Waals surface area contributed by atoms with E-state index in [0.717, 1.165) is 18.8 Å². The van der Waals surface area contributed by atoms with Crippen LogP contribution < -0.4 is 5.32 Å². The van der Waals surface area contributed by atoms with E-state index < -0.39 is 0 Å². The number of amides is 2. The van der Waals surface area contributed by atoms with Crippen molar-refractivity contribution < 1.29 is 9.59 Å². The third-order valence-electron chi connectivity index (χ3n) is 4.24. The molecule has 4 heteroatoms. The smallest absolute Gasteiger partial charge is 0.246 e. The molecule has 0 radical (unpaired) electrons. The van der Waals surface area contributed by atoms with E-state index in [9.17, 15) is 9.59 Å². The molecule has 1 saturated heterocycles. The molecule has 1 aliphatic carbocycles. The average molecular weight is 252 g/mol. The van der Waals surface area contributed by atoms with Gasteiger partial charge in [-0.2, -0.15) is 0 Å². The molecule has 2 rings (SSSR count). The van der Waals surface area contributed by atoms with Crippen molar-refractivity contribution in [2.75, 3.05) is 0 Å². The predicted molar refractivity (Wildman–Crippen MR) is 69.9 cm³/mol. The Morgan fingerprint density at radius 3 is 2.50 bits per heavy atom. The Balaban J connectivity index is 2.14. The maximum Gasteiger partial charge on any atom is 0.246 e. The Morgan fingerprint density at radius 1 is 1.33 bits per heavy atom. The monoisotopic (exact) mass is 252 g/mol. The van der Waals surface area contributed by atoms with Gasteiger partial charge in [0.15, 0.2) is 0 Å². The molecule has 1 N–H and O–H groups in total. The standard InChI is InChI=1S/C14H24N2O2/c1-4-11(8-10-6-7-10)16-9(3)13(17)15-12(5-2)14(16)18/h9-12H,4-8H2,1-3H3,(H,15,17). The van der Waals surface area contributed by atoms with Crippen LogP contribution in [0.25, 0.3) is 0 Å². The Kier molecular flexibility index (Phi) is 3.93. The summed E-state index contributed by atoms with van der Waals surface area (Å²) in [5, 5.41) is 2.81. The summed E-state index contributed by atoms with van der Waals surface area (Å²) in [6.07, 6.45) is 5.26. The van der Waals surface area contributed by atoms with Gasteiger partial charge in [-0.25, -0.2) is 0 Å². The van der Waals surface area contributed by atoms with Gasteiger partial charge in [-0.1, -0.05) is 26.7 Å². The highest BCUT2D eigenvalue weighted by Gasteiger charge is 2.41. The molecule has 1 saturated carbocycles. The van der Waals surface area contributed by atoms with Gasteiger partial charge < -0.3 is 10.2 Å². The minimum absolute atomic E-state index is 0.00398. The average Bonchev–Trinajstić information content (AvgIpc) is 3.16. The first-order valence-electron chi connectivity index (χ1n) is 7.21. The van der Waals surface area contributed by atoms with Gasteiger partial charge in [0.05, 0.1) is 0 Å². The molecule has 4 nitrogen and oxygen atoms in total. The second kappa shape index (κ2) is 5.29. The van der Waals surface area contributed by atoms with Crippen LogP contribution in [0, 0.1) is 5.92 Å². The van der Waals surface area contributed by atoms with Gasteiger partial charge in [0.25, 0.3) is 0 Å². The topological polar surface area (TPSA) is 49.4 Å². The lowest BCUT2D eigenvalue weighted by Crippen LogP contribution is -2.64. The zero-order valence-corrected chi connectivity index (χ0v) is 11.6. The van der Waals surface area contributed by atoms with Crippen LogP contribution in [0.1, 0.15) is 52.9 Å². The quantitative estimate of drug-likeness (QED) is 0.809. The zero-order chi connectivity index (χ0) is 13.3. The first kappa shape index (κ1) is 13.4. The molecule has 0 bridgehead atoms. The van der Waals surface area contributed by atoms with Gasteiger partial charge in [-0.3, -0.25) is 9.59 Å². The Bertz CT molecular complexity index is 339. The van der Waals surface area contributed by atoms with E-state index in [1.54, 1.807) is 0 Å². The van der Waals surface area contributed by atoms with E-state index in [1.165, 1.54) is 12.8 Å². The molecule has 1 heterocycles. The van der Waals surface area contributed by atoms with Crippen molar-refractivity contribution in [3.63, 3.8) is 0 Å². The van der Waals surface area contributed by atoms with Crippen LogP contribution in [0.2, 0.25) is 0 Å². The van der Waals surface area contributed by atoms with E-state index in [-0.39, 0.29) is 29.9 Å². The zero-order valence-electron chi connectivity index (χ0n) is 11.6. The lowest BCUT2D eigenvalue weighted by Gasteiger charge is -2.42. The third kappa shape index (κ3) is 2.52. The highest BCUT2D eigenvalue weighted by atomic mass is 16.2. The molecule has 102 valence electrons. The Hall–Kier alpha value is -1.06. The van der Waals surface area contributed by atoms with Crippen molar-refractivity contribution in [1.29, 1.82) is 0 Å². The molecule has 2 amide bonds. The van der Waals surface area contributed by atoms with Gasteiger partial charge in [0.1, 0.15) is 12.1 Å². The van der Waals surface area contributed by atoms with Crippen LogP contribution in [-0.4, -0.2) is 34.8 Å². The van der Waals surface area contributed by atoms with E-state index in [4.69, 9.17) is 0 Å². The highest BCUT2D eigenvalue weighted by Crippen LogP contribution is 2.36. The number of nitrogens with zero attached hydrogens (tertiary/aromatic N) is 1. The van der Waals surface area contributed by atoms with Crippen molar-refractivity contribution in [2.45, 2.75) is 71.0 Å². The van der Waals surface area contributed by atoms with Crippen LogP contribution >= 0.6 is 0 Å². The fraction of sp³-hybridized carbons (Fsp3) is 0.857. The summed E-state index contributed by atoms with van der Waals surface area (Å²) in [7, 11) is 0. The minimum Gasteiger partial charge on any atom is -0.343 e. The molecule has 0 aromatic heterocycles. The number of carbonyl (C=O) groups excluding carboxylic acids is 2. The molecular formula is C14H24N2O2. The second-order valence-corrected chi connectivity index (χ2v) is 5.63. The molecule has 3 atom stereocenters. The molecule has 0 aromatic rings. The summed E-state index contributed by atoms with van der Waals surface area (Å²) in [4.78, 5) is 26.2. The van der Waals surface area contributed by atoms with E-state index in [2.05, 4.69) is 12.2 Å². The molecule has 0 spiro atoms. The molecule has 3 unspecified atom stereocenters. The molecule has 1 aliphatic heterocycles. The fourth-order valence-corrected chi connectivity index (χ4v) is 2.84. The third-order valence-corrected chi connectivity index (χ3v) is 4.24. The number of nitrogens with one attached hydrogen (secondary N) is 1. The van der Waals surface area contributed by atoms with Gasteiger partial charge in [-0.15, -0.1) is 0 Å². The van der Waals surface area contributed by atoms with Gasteiger partial charge in [0.2, 0.25) is 11.8 Å². The summed E-state index contributed by atoms with van der Waals surface area (Å²) in [6.45, 7) is 5.90. The van der Waals surface area contributed by atoms with Crippen LogP contribution in [-0.2, 0) is 9.59 Å². The largest absolute Gasteiger partial charge is 0.343 e. The fourth-order valence-electron chi connectivity index (χ4n) is 2.84. The van der Waals surface area contributed by atoms with E-state index in [0.29, 0.717) is 6.42 Å². The first-order valence-corrected chi connectivity index (χ1v) is 7.21. The maximum absolute atomic E-state index is 12.4. The summed E-state index contributed by atoms with van der Waals surface area (Å²) >= 11 is 0. The van der Waals surface area contributed by atoms with Gasteiger partial charge >= 0.3 is 0 Å². The van der Waals surface area contributed by atoms with Crippen LogP contribution in [0.4, 0.5) is 0 Å². The number of piperazine rings is 1. The number of hydrogen-bond donors (Lipinski definition) is 1. The number of hydrogen-bond acceptors (Lipinski definition) is 2. The molecular weight excluding hydrogens is 228 g/mol. The Labute approximate surface area is 109 Å². The molecule has 0 aromatic carbocycles. The summed E-state index contributed by atoms with van der Waals surface area (Å²) in [6, 6.07) is -0.397. The lowest BCUT2D eigenvalue weighted by atomic mass is 9.98. The van der Waals surface area contributed by atoms with Crippen molar-refractivity contribution >= 4 is 11.8 Å². The highest BCUT2D eigenvalue weighted by molar-refractivity contribution is 5.96. The summed E-state index contributed by atoms with van der Waals surface area (Å²) in [5.41, 5.74) is 0. The summed E-state index contributed by atoms with van der Waals surface area (Å²) < 4.78 is 0. The van der Waals surface area contributed by atoms with Gasteiger partial charge in [0, 0.05) is 6.04 Å².